The standard InChI is InChI=1S/C12H7N3O2S2/c16-15(17)8-1-3-9(4-2-8)18-10-5-6-11-12(7-10)14-19-13-11/h1-7H. The van der Waals surface area contributed by atoms with Gasteiger partial charge in [-0.25, -0.2) is 0 Å². The van der Waals surface area contributed by atoms with E-state index >= 15 is 0 Å². The van der Waals surface area contributed by atoms with Crippen LogP contribution in [-0.2, 0) is 0 Å². The van der Waals surface area contributed by atoms with E-state index in [0.29, 0.717) is 0 Å². The van der Waals surface area contributed by atoms with Crippen LogP contribution < -0.4 is 0 Å². The van der Waals surface area contributed by atoms with E-state index in [0.717, 1.165) is 20.8 Å². The van der Waals surface area contributed by atoms with Gasteiger partial charge in [0, 0.05) is 21.9 Å². The molecule has 3 rings (SSSR count). The third-order valence-electron chi connectivity index (χ3n) is 2.51. The quantitative estimate of drug-likeness (QED) is 0.542. The molecule has 0 radical (unpaired) electrons. The number of rotatable bonds is 3. The van der Waals surface area contributed by atoms with Crippen molar-refractivity contribution in [2.24, 2.45) is 0 Å². The first kappa shape index (κ1) is 12.1. The van der Waals surface area contributed by atoms with Gasteiger partial charge in [0.15, 0.2) is 0 Å². The van der Waals surface area contributed by atoms with Gasteiger partial charge in [-0.1, -0.05) is 11.8 Å². The lowest BCUT2D eigenvalue weighted by Gasteiger charge is -2.01. The summed E-state index contributed by atoms with van der Waals surface area (Å²) in [6.07, 6.45) is 0. The van der Waals surface area contributed by atoms with Gasteiger partial charge in [0.05, 0.1) is 16.7 Å². The van der Waals surface area contributed by atoms with Crippen LogP contribution in [0.2, 0.25) is 0 Å². The average Bonchev–Trinajstić information content (AvgIpc) is 2.87. The number of hydrogen-bond donors (Lipinski definition) is 0. The third kappa shape index (κ3) is 2.56. The minimum absolute atomic E-state index is 0.100. The van der Waals surface area contributed by atoms with Crippen LogP contribution in [-0.4, -0.2) is 13.7 Å². The summed E-state index contributed by atoms with van der Waals surface area (Å²) in [5, 5.41) is 10.6. The molecule has 0 spiro atoms. The second kappa shape index (κ2) is 4.94. The first-order chi connectivity index (χ1) is 9.22. The molecular weight excluding hydrogens is 282 g/mol. The first-order valence-corrected chi connectivity index (χ1v) is 6.92. The molecule has 1 aromatic heterocycles. The zero-order valence-electron chi connectivity index (χ0n) is 9.52. The molecule has 0 atom stereocenters. The highest BCUT2D eigenvalue weighted by Gasteiger charge is 2.06. The summed E-state index contributed by atoms with van der Waals surface area (Å²) in [6.45, 7) is 0. The van der Waals surface area contributed by atoms with E-state index in [-0.39, 0.29) is 5.69 Å². The normalized spacial score (nSPS) is 10.7. The van der Waals surface area contributed by atoms with E-state index in [1.807, 2.05) is 18.2 Å². The van der Waals surface area contributed by atoms with Crippen LogP contribution in [0.4, 0.5) is 5.69 Å². The maximum Gasteiger partial charge on any atom is 0.269 e. The predicted octanol–water partition coefficient (Wildman–Crippen LogP) is 3.75. The van der Waals surface area contributed by atoms with Gasteiger partial charge in [-0.3, -0.25) is 10.1 Å². The Kier molecular flexibility index (Phi) is 3.14. The number of benzene rings is 2. The Morgan fingerprint density at radius 3 is 2.42 bits per heavy atom. The molecule has 3 aromatic rings. The largest absolute Gasteiger partial charge is 0.269 e. The highest BCUT2D eigenvalue weighted by Crippen LogP contribution is 2.30. The highest BCUT2D eigenvalue weighted by molar-refractivity contribution is 7.99. The summed E-state index contributed by atoms with van der Waals surface area (Å²) in [5.41, 5.74) is 1.86. The second-order valence-electron chi connectivity index (χ2n) is 3.77. The number of nitro groups is 1. The molecule has 0 unspecified atom stereocenters. The summed E-state index contributed by atoms with van der Waals surface area (Å²) < 4.78 is 8.33. The Bertz CT molecular complexity index is 740. The van der Waals surface area contributed by atoms with Gasteiger partial charge in [0.25, 0.3) is 5.69 Å². The topological polar surface area (TPSA) is 68.9 Å². The molecule has 0 saturated carbocycles. The van der Waals surface area contributed by atoms with Crippen LogP contribution >= 0.6 is 23.5 Å². The lowest BCUT2D eigenvalue weighted by molar-refractivity contribution is -0.384. The van der Waals surface area contributed by atoms with E-state index in [2.05, 4.69) is 8.75 Å². The van der Waals surface area contributed by atoms with E-state index < -0.39 is 4.92 Å². The molecule has 0 N–H and O–H groups in total. The van der Waals surface area contributed by atoms with Gasteiger partial charge in [0.2, 0.25) is 0 Å². The van der Waals surface area contributed by atoms with Gasteiger partial charge >= 0.3 is 0 Å². The van der Waals surface area contributed by atoms with Gasteiger partial charge in [-0.05, 0) is 30.3 Å². The smallest absolute Gasteiger partial charge is 0.258 e. The molecule has 7 heteroatoms. The lowest BCUT2D eigenvalue weighted by Crippen LogP contribution is -1.86. The number of fused-ring (bicyclic) bond motifs is 1. The fourth-order valence-corrected chi connectivity index (χ4v) is 2.97. The first-order valence-electron chi connectivity index (χ1n) is 5.37. The maximum atomic E-state index is 10.6. The number of nitrogens with zero attached hydrogens (tertiary/aromatic N) is 3. The Labute approximate surface area is 116 Å². The molecule has 0 amide bonds. The Morgan fingerprint density at radius 2 is 1.68 bits per heavy atom. The molecule has 2 aromatic carbocycles. The summed E-state index contributed by atoms with van der Waals surface area (Å²) in [6, 6.07) is 12.3. The van der Waals surface area contributed by atoms with Crippen LogP contribution in [0.25, 0.3) is 11.0 Å². The molecule has 0 aliphatic carbocycles. The molecule has 0 aliphatic heterocycles. The number of non-ortho nitro benzene ring substituents is 1. The van der Waals surface area contributed by atoms with E-state index in [1.165, 1.54) is 23.9 Å². The number of nitro benzene ring substituents is 1. The Balaban J connectivity index is 1.85. The fourth-order valence-electron chi connectivity index (χ4n) is 1.60. The van der Waals surface area contributed by atoms with Crippen molar-refractivity contribution < 1.29 is 4.92 Å². The molecule has 1 heterocycles. The molecule has 0 fully saturated rings. The Morgan fingerprint density at radius 1 is 1.00 bits per heavy atom. The van der Waals surface area contributed by atoms with Gasteiger partial charge in [-0.15, -0.1) is 0 Å². The average molecular weight is 289 g/mol. The van der Waals surface area contributed by atoms with Crippen molar-refractivity contribution in [2.45, 2.75) is 9.79 Å². The number of hydrogen-bond acceptors (Lipinski definition) is 6. The maximum absolute atomic E-state index is 10.6. The fraction of sp³-hybridized carbons (Fsp3) is 0. The van der Waals surface area contributed by atoms with Crippen molar-refractivity contribution in [3.8, 4) is 0 Å². The van der Waals surface area contributed by atoms with Crippen molar-refractivity contribution in [2.75, 3.05) is 0 Å². The summed E-state index contributed by atoms with van der Waals surface area (Å²) in [7, 11) is 0. The third-order valence-corrected chi connectivity index (χ3v) is 4.06. The van der Waals surface area contributed by atoms with Crippen LogP contribution in [0.3, 0.4) is 0 Å². The molecule has 19 heavy (non-hydrogen) atoms. The molecule has 0 bridgehead atoms. The summed E-state index contributed by atoms with van der Waals surface area (Å²) in [4.78, 5) is 12.2. The Hall–Kier alpha value is -1.99. The van der Waals surface area contributed by atoms with Crippen molar-refractivity contribution in [1.29, 1.82) is 0 Å². The minimum atomic E-state index is -0.401. The highest BCUT2D eigenvalue weighted by atomic mass is 32.2. The molecule has 94 valence electrons. The zero-order chi connectivity index (χ0) is 13.2. The van der Waals surface area contributed by atoms with Crippen LogP contribution in [0.1, 0.15) is 0 Å². The van der Waals surface area contributed by atoms with E-state index in [1.54, 1.807) is 23.9 Å². The zero-order valence-corrected chi connectivity index (χ0v) is 11.1. The van der Waals surface area contributed by atoms with Gasteiger partial charge < -0.3 is 0 Å². The van der Waals surface area contributed by atoms with Crippen LogP contribution in [0.5, 0.6) is 0 Å². The molecular formula is C12H7N3O2S2. The molecule has 5 nitrogen and oxygen atoms in total. The summed E-state index contributed by atoms with van der Waals surface area (Å²) in [5.74, 6) is 0. The SMILES string of the molecule is O=[N+]([O-])c1ccc(Sc2ccc3nsnc3c2)cc1. The monoisotopic (exact) mass is 289 g/mol. The molecule has 0 aliphatic rings. The molecule has 0 saturated heterocycles. The second-order valence-corrected chi connectivity index (χ2v) is 5.44. The predicted molar refractivity (Wildman–Crippen MR) is 74.6 cm³/mol. The van der Waals surface area contributed by atoms with Crippen LogP contribution in [0.15, 0.2) is 52.3 Å². The van der Waals surface area contributed by atoms with E-state index in [9.17, 15) is 10.1 Å². The van der Waals surface area contributed by atoms with Crippen molar-refractivity contribution in [3.63, 3.8) is 0 Å². The lowest BCUT2D eigenvalue weighted by atomic mass is 10.3. The minimum Gasteiger partial charge on any atom is -0.258 e. The van der Waals surface area contributed by atoms with Crippen molar-refractivity contribution >= 4 is 40.2 Å². The van der Waals surface area contributed by atoms with Gasteiger partial charge in [-0.2, -0.15) is 8.75 Å². The van der Waals surface area contributed by atoms with Crippen molar-refractivity contribution in [3.05, 3.63) is 52.6 Å². The van der Waals surface area contributed by atoms with Crippen LogP contribution in [0, 0.1) is 10.1 Å². The summed E-state index contributed by atoms with van der Waals surface area (Å²) >= 11 is 2.73. The van der Waals surface area contributed by atoms with Crippen molar-refractivity contribution in [1.82, 2.24) is 8.75 Å². The van der Waals surface area contributed by atoms with E-state index in [4.69, 9.17) is 0 Å². The van der Waals surface area contributed by atoms with Gasteiger partial charge in [0.1, 0.15) is 11.0 Å². The number of aromatic nitrogens is 2.